The molecule has 1 heterocycles. The minimum Gasteiger partial charge on any atom is -0.377 e. The van der Waals surface area contributed by atoms with Crippen LogP contribution in [0.2, 0.25) is 0 Å². The SMILES string of the molecule is CCOC1CCCN(C(=O)CCCC(C)N)C1. The number of carbonyl (C=O) groups excluding carboxylic acids is 1. The van der Waals surface area contributed by atoms with Crippen molar-refractivity contribution >= 4 is 5.91 Å². The molecule has 2 unspecified atom stereocenters. The first-order chi connectivity index (χ1) is 8.13. The quantitative estimate of drug-likeness (QED) is 0.768. The number of nitrogens with zero attached hydrogens (tertiary/aromatic N) is 1. The first-order valence-electron chi connectivity index (χ1n) is 6.78. The van der Waals surface area contributed by atoms with Gasteiger partial charge in [-0.1, -0.05) is 0 Å². The highest BCUT2D eigenvalue weighted by Gasteiger charge is 2.23. The summed E-state index contributed by atoms with van der Waals surface area (Å²) in [7, 11) is 0. The van der Waals surface area contributed by atoms with Crippen molar-refractivity contribution in [2.45, 2.75) is 58.1 Å². The van der Waals surface area contributed by atoms with Crippen molar-refractivity contribution in [1.29, 1.82) is 0 Å². The molecular formula is C13H26N2O2. The van der Waals surface area contributed by atoms with E-state index in [0.717, 1.165) is 45.4 Å². The second-order valence-electron chi connectivity index (χ2n) is 4.93. The Morgan fingerprint density at radius 2 is 2.35 bits per heavy atom. The van der Waals surface area contributed by atoms with E-state index in [1.165, 1.54) is 0 Å². The molecule has 1 aliphatic heterocycles. The molecule has 0 bridgehead atoms. The van der Waals surface area contributed by atoms with E-state index in [9.17, 15) is 4.79 Å². The van der Waals surface area contributed by atoms with Crippen LogP contribution in [0.5, 0.6) is 0 Å². The smallest absolute Gasteiger partial charge is 0.222 e. The monoisotopic (exact) mass is 242 g/mol. The van der Waals surface area contributed by atoms with Gasteiger partial charge < -0.3 is 15.4 Å². The number of rotatable bonds is 6. The van der Waals surface area contributed by atoms with Crippen LogP contribution in [0.3, 0.4) is 0 Å². The van der Waals surface area contributed by atoms with Crippen LogP contribution in [-0.2, 0) is 9.53 Å². The number of carbonyl (C=O) groups is 1. The van der Waals surface area contributed by atoms with Gasteiger partial charge in [-0.25, -0.2) is 0 Å². The molecule has 100 valence electrons. The standard InChI is InChI=1S/C13H26N2O2/c1-3-17-12-7-5-9-15(10-12)13(16)8-4-6-11(2)14/h11-12H,3-10,14H2,1-2H3. The van der Waals surface area contributed by atoms with Crippen molar-refractivity contribution in [3.05, 3.63) is 0 Å². The summed E-state index contributed by atoms with van der Waals surface area (Å²) in [5.41, 5.74) is 5.67. The summed E-state index contributed by atoms with van der Waals surface area (Å²) in [5, 5.41) is 0. The van der Waals surface area contributed by atoms with Crippen LogP contribution in [-0.4, -0.2) is 42.6 Å². The number of piperidine rings is 1. The fourth-order valence-corrected chi connectivity index (χ4v) is 2.27. The second-order valence-corrected chi connectivity index (χ2v) is 4.93. The van der Waals surface area contributed by atoms with Gasteiger partial charge in [0.25, 0.3) is 0 Å². The molecule has 0 aromatic carbocycles. The number of likely N-dealkylation sites (tertiary alicyclic amines) is 1. The van der Waals surface area contributed by atoms with Gasteiger partial charge in [0.1, 0.15) is 0 Å². The summed E-state index contributed by atoms with van der Waals surface area (Å²) in [6, 6.07) is 0.195. The van der Waals surface area contributed by atoms with E-state index in [1.54, 1.807) is 0 Å². The van der Waals surface area contributed by atoms with Crippen molar-refractivity contribution in [3.63, 3.8) is 0 Å². The molecule has 4 nitrogen and oxygen atoms in total. The highest BCUT2D eigenvalue weighted by atomic mass is 16.5. The topological polar surface area (TPSA) is 55.6 Å². The molecular weight excluding hydrogens is 216 g/mol. The van der Waals surface area contributed by atoms with Gasteiger partial charge in [-0.05, 0) is 39.5 Å². The number of ether oxygens (including phenoxy) is 1. The zero-order chi connectivity index (χ0) is 12.7. The minimum absolute atomic E-state index is 0.195. The predicted octanol–water partition coefficient (Wildman–Crippen LogP) is 1.53. The molecule has 1 amide bonds. The van der Waals surface area contributed by atoms with Gasteiger partial charge in [0.05, 0.1) is 6.10 Å². The third-order valence-corrected chi connectivity index (χ3v) is 3.18. The van der Waals surface area contributed by atoms with Gasteiger partial charge in [0.15, 0.2) is 0 Å². The average Bonchev–Trinajstić information content (AvgIpc) is 2.29. The summed E-state index contributed by atoms with van der Waals surface area (Å²) >= 11 is 0. The summed E-state index contributed by atoms with van der Waals surface area (Å²) in [4.78, 5) is 13.9. The maximum atomic E-state index is 12.0. The average molecular weight is 242 g/mol. The predicted molar refractivity (Wildman–Crippen MR) is 68.7 cm³/mol. The minimum atomic E-state index is 0.195. The summed E-state index contributed by atoms with van der Waals surface area (Å²) in [6.07, 6.45) is 4.83. The molecule has 2 N–H and O–H groups in total. The number of amides is 1. The molecule has 0 aromatic heterocycles. The second kappa shape index (κ2) is 7.67. The van der Waals surface area contributed by atoms with Gasteiger partial charge in [-0.2, -0.15) is 0 Å². The van der Waals surface area contributed by atoms with Crippen molar-refractivity contribution in [3.8, 4) is 0 Å². The Labute approximate surface area is 104 Å². The maximum absolute atomic E-state index is 12.0. The lowest BCUT2D eigenvalue weighted by molar-refractivity contribution is -0.135. The van der Waals surface area contributed by atoms with Crippen LogP contribution in [0.4, 0.5) is 0 Å². The molecule has 1 aliphatic rings. The number of hydrogen-bond donors (Lipinski definition) is 1. The van der Waals surface area contributed by atoms with Crippen molar-refractivity contribution in [1.82, 2.24) is 4.90 Å². The van der Waals surface area contributed by atoms with Crippen LogP contribution in [0.15, 0.2) is 0 Å². The zero-order valence-corrected chi connectivity index (χ0v) is 11.2. The summed E-state index contributed by atoms with van der Waals surface area (Å²) in [5.74, 6) is 0.259. The first kappa shape index (κ1) is 14.5. The lowest BCUT2D eigenvalue weighted by atomic mass is 10.1. The largest absolute Gasteiger partial charge is 0.377 e. The lowest BCUT2D eigenvalue weighted by Crippen LogP contribution is -2.43. The van der Waals surface area contributed by atoms with Crippen molar-refractivity contribution in [2.24, 2.45) is 5.73 Å². The summed E-state index contributed by atoms with van der Waals surface area (Å²) in [6.45, 7) is 6.38. The van der Waals surface area contributed by atoms with Crippen LogP contribution in [0, 0.1) is 0 Å². The zero-order valence-electron chi connectivity index (χ0n) is 11.2. The highest BCUT2D eigenvalue weighted by Crippen LogP contribution is 2.15. The first-order valence-corrected chi connectivity index (χ1v) is 6.78. The van der Waals surface area contributed by atoms with E-state index in [4.69, 9.17) is 10.5 Å². The van der Waals surface area contributed by atoms with Gasteiger partial charge in [-0.3, -0.25) is 4.79 Å². The third kappa shape index (κ3) is 5.50. The van der Waals surface area contributed by atoms with E-state index in [1.807, 2.05) is 18.7 Å². The Kier molecular flexibility index (Phi) is 6.52. The molecule has 2 atom stereocenters. The molecule has 1 fully saturated rings. The summed E-state index contributed by atoms with van der Waals surface area (Å²) < 4.78 is 5.59. The molecule has 0 spiro atoms. The van der Waals surface area contributed by atoms with Gasteiger partial charge >= 0.3 is 0 Å². The Morgan fingerprint density at radius 1 is 1.59 bits per heavy atom. The van der Waals surface area contributed by atoms with E-state index in [-0.39, 0.29) is 18.1 Å². The van der Waals surface area contributed by atoms with Gasteiger partial charge in [0.2, 0.25) is 5.91 Å². The third-order valence-electron chi connectivity index (χ3n) is 3.18. The van der Waals surface area contributed by atoms with Crippen LogP contribution in [0.1, 0.15) is 46.0 Å². The number of hydrogen-bond acceptors (Lipinski definition) is 3. The Balaban J connectivity index is 2.25. The molecule has 4 heteroatoms. The Hall–Kier alpha value is -0.610. The normalized spacial score (nSPS) is 22.5. The van der Waals surface area contributed by atoms with Crippen LogP contribution < -0.4 is 5.73 Å². The molecule has 0 saturated carbocycles. The Morgan fingerprint density at radius 3 is 3.00 bits per heavy atom. The molecule has 17 heavy (non-hydrogen) atoms. The Bertz CT molecular complexity index is 229. The lowest BCUT2D eigenvalue weighted by Gasteiger charge is -2.32. The molecule has 0 aromatic rings. The number of nitrogens with two attached hydrogens (primary N) is 1. The fraction of sp³-hybridized carbons (Fsp3) is 0.923. The van der Waals surface area contributed by atoms with Crippen LogP contribution >= 0.6 is 0 Å². The van der Waals surface area contributed by atoms with Crippen LogP contribution in [0.25, 0.3) is 0 Å². The molecule has 1 saturated heterocycles. The molecule has 0 aliphatic carbocycles. The van der Waals surface area contributed by atoms with Crippen molar-refractivity contribution in [2.75, 3.05) is 19.7 Å². The van der Waals surface area contributed by atoms with E-state index < -0.39 is 0 Å². The van der Waals surface area contributed by atoms with Crippen molar-refractivity contribution < 1.29 is 9.53 Å². The molecule has 0 radical (unpaired) electrons. The highest BCUT2D eigenvalue weighted by molar-refractivity contribution is 5.76. The van der Waals surface area contributed by atoms with Gasteiger partial charge in [-0.15, -0.1) is 0 Å². The fourth-order valence-electron chi connectivity index (χ4n) is 2.27. The molecule has 1 rings (SSSR count). The van der Waals surface area contributed by atoms with E-state index >= 15 is 0 Å². The van der Waals surface area contributed by atoms with E-state index in [0.29, 0.717) is 6.42 Å². The van der Waals surface area contributed by atoms with Gasteiger partial charge in [0, 0.05) is 32.2 Å². The van der Waals surface area contributed by atoms with E-state index in [2.05, 4.69) is 0 Å². The maximum Gasteiger partial charge on any atom is 0.222 e.